The summed E-state index contributed by atoms with van der Waals surface area (Å²) in [5.74, 6) is -0.215. The molecule has 1 atom stereocenters. The molecule has 0 aliphatic carbocycles. The summed E-state index contributed by atoms with van der Waals surface area (Å²) in [5, 5.41) is 0. The summed E-state index contributed by atoms with van der Waals surface area (Å²) in [6.07, 6.45) is 0.474. The summed E-state index contributed by atoms with van der Waals surface area (Å²) < 4.78 is 26.6. The third-order valence-corrected chi connectivity index (χ3v) is 4.48. The number of nitrogens with two attached hydrogens (primary N) is 1. The van der Waals surface area contributed by atoms with Crippen LogP contribution in [0.15, 0.2) is 29.2 Å². The number of nitrogens with zero attached hydrogens (tertiary/aromatic N) is 1. The van der Waals surface area contributed by atoms with Crippen LogP contribution in [-0.4, -0.2) is 38.9 Å². The Morgan fingerprint density at radius 3 is 2.61 bits per heavy atom. The highest BCUT2D eigenvalue weighted by molar-refractivity contribution is 7.89. The highest BCUT2D eigenvalue weighted by Gasteiger charge is 2.33. The van der Waals surface area contributed by atoms with E-state index >= 15 is 0 Å². The summed E-state index contributed by atoms with van der Waals surface area (Å²) in [5.41, 5.74) is 5.80. The molecule has 1 heterocycles. The van der Waals surface area contributed by atoms with Gasteiger partial charge >= 0.3 is 0 Å². The number of rotatable bonds is 3. The molecule has 6 nitrogen and oxygen atoms in total. The van der Waals surface area contributed by atoms with Crippen molar-refractivity contribution in [3.63, 3.8) is 0 Å². The van der Waals surface area contributed by atoms with Crippen molar-refractivity contribution in [1.29, 1.82) is 0 Å². The number of likely N-dealkylation sites (N-methyl/N-ethyl adjacent to an activating group) is 1. The van der Waals surface area contributed by atoms with E-state index in [9.17, 15) is 13.2 Å². The molecule has 2 rings (SSSR count). The van der Waals surface area contributed by atoms with E-state index in [0.29, 0.717) is 13.0 Å². The van der Waals surface area contributed by atoms with E-state index in [2.05, 4.69) is 4.72 Å². The lowest BCUT2D eigenvalue weighted by atomic mass is 10.3. The molecule has 1 aliphatic heterocycles. The number of nitrogen functional groups attached to an aromatic ring is 1. The van der Waals surface area contributed by atoms with Gasteiger partial charge in [-0.2, -0.15) is 4.72 Å². The summed E-state index contributed by atoms with van der Waals surface area (Å²) >= 11 is 0. The molecule has 0 radical (unpaired) electrons. The number of para-hydroxylation sites is 1. The molecule has 1 aliphatic rings. The van der Waals surface area contributed by atoms with Gasteiger partial charge in [0.1, 0.15) is 10.9 Å². The zero-order chi connectivity index (χ0) is 13.3. The monoisotopic (exact) mass is 269 g/mol. The standard InChI is InChI=1S/C11H15N3O3S/c1-14-7-6-9(11(14)15)13-18(16,17)10-5-3-2-4-8(10)12/h2-5,9,13H,6-7,12H2,1H3. The average Bonchev–Trinajstić information content (AvgIpc) is 2.61. The van der Waals surface area contributed by atoms with Crippen molar-refractivity contribution >= 4 is 21.6 Å². The first-order valence-electron chi connectivity index (χ1n) is 5.53. The molecule has 0 spiro atoms. The summed E-state index contributed by atoms with van der Waals surface area (Å²) in [6, 6.07) is 5.48. The van der Waals surface area contributed by atoms with Crippen molar-refractivity contribution in [3.05, 3.63) is 24.3 Å². The number of nitrogens with one attached hydrogen (secondary N) is 1. The van der Waals surface area contributed by atoms with Gasteiger partial charge in [-0.1, -0.05) is 12.1 Å². The Morgan fingerprint density at radius 2 is 2.06 bits per heavy atom. The summed E-state index contributed by atoms with van der Waals surface area (Å²) in [6.45, 7) is 0.552. The number of hydrogen-bond acceptors (Lipinski definition) is 4. The van der Waals surface area contributed by atoms with Crippen LogP contribution >= 0.6 is 0 Å². The molecule has 1 aromatic carbocycles. The van der Waals surface area contributed by atoms with Gasteiger partial charge in [-0.3, -0.25) is 4.79 Å². The normalized spacial score (nSPS) is 20.4. The molecule has 98 valence electrons. The van der Waals surface area contributed by atoms with Crippen LogP contribution in [0, 0.1) is 0 Å². The predicted molar refractivity (Wildman–Crippen MR) is 67.2 cm³/mol. The lowest BCUT2D eigenvalue weighted by molar-refractivity contribution is -0.127. The number of sulfonamides is 1. The minimum atomic E-state index is -3.75. The second-order valence-corrected chi connectivity index (χ2v) is 5.94. The molecular weight excluding hydrogens is 254 g/mol. The SMILES string of the molecule is CN1CCC(NS(=O)(=O)c2ccccc2N)C1=O. The number of anilines is 1. The fraction of sp³-hybridized carbons (Fsp3) is 0.364. The van der Waals surface area contributed by atoms with E-state index in [1.165, 1.54) is 17.0 Å². The van der Waals surface area contributed by atoms with E-state index < -0.39 is 16.1 Å². The molecular formula is C11H15N3O3S. The van der Waals surface area contributed by atoms with Crippen LogP contribution in [0.2, 0.25) is 0 Å². The molecule has 1 aromatic rings. The Balaban J connectivity index is 2.24. The van der Waals surface area contributed by atoms with Crippen LogP contribution in [0.5, 0.6) is 0 Å². The minimum Gasteiger partial charge on any atom is -0.398 e. The van der Waals surface area contributed by atoms with Crippen molar-refractivity contribution in [2.24, 2.45) is 0 Å². The number of benzene rings is 1. The van der Waals surface area contributed by atoms with Gasteiger partial charge in [0.2, 0.25) is 15.9 Å². The average molecular weight is 269 g/mol. The molecule has 0 saturated carbocycles. The van der Waals surface area contributed by atoms with Crippen molar-refractivity contribution < 1.29 is 13.2 Å². The lowest BCUT2D eigenvalue weighted by Crippen LogP contribution is -2.40. The maximum absolute atomic E-state index is 12.1. The van der Waals surface area contributed by atoms with E-state index in [1.807, 2.05) is 0 Å². The molecule has 1 amide bonds. The minimum absolute atomic E-state index is 0.00681. The van der Waals surface area contributed by atoms with E-state index in [1.54, 1.807) is 19.2 Å². The smallest absolute Gasteiger partial charge is 0.243 e. The molecule has 1 fully saturated rings. The first-order chi connectivity index (χ1) is 8.42. The highest BCUT2D eigenvalue weighted by atomic mass is 32.2. The quantitative estimate of drug-likeness (QED) is 0.742. The Labute approximate surface area is 106 Å². The van der Waals surface area contributed by atoms with Gasteiger partial charge in [-0.25, -0.2) is 8.42 Å². The van der Waals surface area contributed by atoms with Gasteiger partial charge in [0.15, 0.2) is 0 Å². The van der Waals surface area contributed by atoms with E-state index in [-0.39, 0.29) is 16.5 Å². The summed E-state index contributed by atoms with van der Waals surface area (Å²) in [4.78, 5) is 13.2. The van der Waals surface area contributed by atoms with Gasteiger partial charge in [0, 0.05) is 13.6 Å². The number of carbonyl (C=O) groups is 1. The van der Waals surface area contributed by atoms with Gasteiger partial charge < -0.3 is 10.6 Å². The third kappa shape index (κ3) is 2.32. The number of hydrogen-bond donors (Lipinski definition) is 2. The molecule has 3 N–H and O–H groups in total. The highest BCUT2D eigenvalue weighted by Crippen LogP contribution is 2.19. The zero-order valence-corrected chi connectivity index (χ0v) is 10.8. The van der Waals surface area contributed by atoms with Crippen molar-refractivity contribution in [2.75, 3.05) is 19.3 Å². The van der Waals surface area contributed by atoms with Crippen molar-refractivity contribution in [1.82, 2.24) is 9.62 Å². The topological polar surface area (TPSA) is 92.5 Å². The summed E-state index contributed by atoms with van der Waals surface area (Å²) in [7, 11) is -2.11. The van der Waals surface area contributed by atoms with E-state index in [4.69, 9.17) is 5.73 Å². The second kappa shape index (κ2) is 4.58. The van der Waals surface area contributed by atoms with Gasteiger partial charge in [0.25, 0.3) is 0 Å². The van der Waals surface area contributed by atoms with Crippen LogP contribution in [-0.2, 0) is 14.8 Å². The van der Waals surface area contributed by atoms with Gasteiger partial charge in [0.05, 0.1) is 5.69 Å². The van der Waals surface area contributed by atoms with Crippen LogP contribution in [0.4, 0.5) is 5.69 Å². The van der Waals surface area contributed by atoms with Crippen LogP contribution in [0.3, 0.4) is 0 Å². The molecule has 18 heavy (non-hydrogen) atoms. The number of likely N-dealkylation sites (tertiary alicyclic amines) is 1. The zero-order valence-electron chi connectivity index (χ0n) is 9.96. The Morgan fingerprint density at radius 1 is 1.39 bits per heavy atom. The maximum Gasteiger partial charge on any atom is 0.243 e. The first kappa shape index (κ1) is 12.8. The van der Waals surface area contributed by atoms with Gasteiger partial charge in [-0.15, -0.1) is 0 Å². The molecule has 1 unspecified atom stereocenters. The van der Waals surface area contributed by atoms with Crippen LogP contribution in [0.1, 0.15) is 6.42 Å². The molecule has 1 saturated heterocycles. The Hall–Kier alpha value is -1.60. The second-order valence-electron chi connectivity index (χ2n) is 4.26. The largest absolute Gasteiger partial charge is 0.398 e. The Kier molecular flexibility index (Phi) is 3.27. The van der Waals surface area contributed by atoms with Crippen molar-refractivity contribution in [3.8, 4) is 0 Å². The van der Waals surface area contributed by atoms with Gasteiger partial charge in [-0.05, 0) is 18.6 Å². The Bertz CT molecular complexity index is 571. The lowest BCUT2D eigenvalue weighted by Gasteiger charge is -2.13. The molecule has 0 bridgehead atoms. The predicted octanol–water partition coefficient (Wildman–Crippen LogP) is -0.222. The third-order valence-electron chi connectivity index (χ3n) is 2.93. The fourth-order valence-corrected chi connectivity index (χ4v) is 3.26. The fourth-order valence-electron chi connectivity index (χ4n) is 1.91. The number of carbonyl (C=O) groups excluding carboxylic acids is 1. The van der Waals surface area contributed by atoms with Crippen LogP contribution in [0.25, 0.3) is 0 Å². The maximum atomic E-state index is 12.1. The van der Waals surface area contributed by atoms with E-state index in [0.717, 1.165) is 0 Å². The molecule has 7 heteroatoms. The molecule has 0 aromatic heterocycles. The van der Waals surface area contributed by atoms with Crippen LogP contribution < -0.4 is 10.5 Å². The number of amides is 1. The van der Waals surface area contributed by atoms with Crippen molar-refractivity contribution in [2.45, 2.75) is 17.4 Å². The first-order valence-corrected chi connectivity index (χ1v) is 7.02.